The molecule has 0 heteroatoms. The van der Waals surface area contributed by atoms with Crippen molar-refractivity contribution in [2.75, 3.05) is 0 Å². The first-order valence-corrected chi connectivity index (χ1v) is 17.2. The van der Waals surface area contributed by atoms with Crippen LogP contribution in [0.3, 0.4) is 0 Å². The number of hydrogen-bond donors (Lipinski definition) is 0. The second-order valence-electron chi connectivity index (χ2n) is 13.3. The monoisotopic (exact) mass is 622 g/mol. The second kappa shape index (κ2) is 14.7. The Morgan fingerprint density at radius 1 is 0.604 bits per heavy atom. The summed E-state index contributed by atoms with van der Waals surface area (Å²) >= 11 is 0. The number of aryl methyl sites for hydroxylation is 1. The van der Waals surface area contributed by atoms with Crippen LogP contribution in [0.25, 0.3) is 50.6 Å². The molecule has 0 N–H and O–H groups in total. The Hall–Kier alpha value is -5.20. The van der Waals surface area contributed by atoms with Gasteiger partial charge < -0.3 is 0 Å². The third-order valence-electron chi connectivity index (χ3n) is 9.66. The van der Waals surface area contributed by atoms with E-state index in [1.165, 1.54) is 77.9 Å². The van der Waals surface area contributed by atoms with Crippen molar-refractivity contribution in [1.29, 1.82) is 0 Å². The van der Waals surface area contributed by atoms with Crippen molar-refractivity contribution in [3.05, 3.63) is 185 Å². The molecule has 0 aliphatic carbocycles. The minimum absolute atomic E-state index is 0.444. The quantitative estimate of drug-likeness (QED) is 0.133. The number of benzene rings is 6. The van der Waals surface area contributed by atoms with Gasteiger partial charge >= 0.3 is 0 Å². The lowest BCUT2D eigenvalue weighted by Gasteiger charge is -2.21. The molecular formula is C48H46. The zero-order valence-corrected chi connectivity index (χ0v) is 29.1. The summed E-state index contributed by atoms with van der Waals surface area (Å²) in [7, 11) is 0. The van der Waals surface area contributed by atoms with Gasteiger partial charge in [-0.2, -0.15) is 0 Å². The van der Waals surface area contributed by atoms with E-state index < -0.39 is 0 Å². The molecule has 0 aliphatic heterocycles. The van der Waals surface area contributed by atoms with Crippen molar-refractivity contribution in [2.45, 2.75) is 53.4 Å². The van der Waals surface area contributed by atoms with Gasteiger partial charge in [0.15, 0.2) is 0 Å². The first-order chi connectivity index (χ1) is 23.3. The van der Waals surface area contributed by atoms with E-state index in [1.807, 2.05) is 0 Å². The van der Waals surface area contributed by atoms with E-state index in [9.17, 15) is 0 Å². The van der Waals surface area contributed by atoms with Gasteiger partial charge in [0, 0.05) is 0 Å². The second-order valence-corrected chi connectivity index (χ2v) is 13.3. The highest BCUT2D eigenvalue weighted by atomic mass is 14.2. The Balaban J connectivity index is 1.53. The van der Waals surface area contributed by atoms with Gasteiger partial charge in [-0.25, -0.2) is 0 Å². The molecule has 0 bridgehead atoms. The SMILES string of the molecule is C=C(C)c1cccc(-c2ccccc2)c1/C=C(\CCc1c(-c2ccccc2C)ccc(-c2ccccc2C(C)C)c1C)c1ccccc1. The summed E-state index contributed by atoms with van der Waals surface area (Å²) in [5, 5.41) is 0. The van der Waals surface area contributed by atoms with Crippen molar-refractivity contribution < 1.29 is 0 Å². The highest BCUT2D eigenvalue weighted by Crippen LogP contribution is 2.40. The fourth-order valence-electron chi connectivity index (χ4n) is 7.09. The summed E-state index contributed by atoms with van der Waals surface area (Å²) in [4.78, 5) is 0. The maximum Gasteiger partial charge on any atom is -0.0100 e. The molecule has 0 spiro atoms. The van der Waals surface area contributed by atoms with Crippen LogP contribution >= 0.6 is 0 Å². The number of rotatable bonds is 10. The van der Waals surface area contributed by atoms with Gasteiger partial charge in [0.25, 0.3) is 0 Å². The molecule has 48 heavy (non-hydrogen) atoms. The van der Waals surface area contributed by atoms with E-state index in [4.69, 9.17) is 0 Å². The molecule has 0 saturated carbocycles. The van der Waals surface area contributed by atoms with Gasteiger partial charge in [-0.1, -0.05) is 166 Å². The average Bonchev–Trinajstić information content (AvgIpc) is 3.11. The zero-order chi connectivity index (χ0) is 33.6. The van der Waals surface area contributed by atoms with Gasteiger partial charge in [-0.15, -0.1) is 0 Å². The molecule has 0 radical (unpaired) electrons. The van der Waals surface area contributed by atoms with Crippen molar-refractivity contribution in [1.82, 2.24) is 0 Å². The first-order valence-electron chi connectivity index (χ1n) is 17.2. The van der Waals surface area contributed by atoms with Crippen molar-refractivity contribution in [3.63, 3.8) is 0 Å². The maximum atomic E-state index is 4.39. The molecule has 0 aromatic heterocycles. The van der Waals surface area contributed by atoms with Crippen LogP contribution in [0.4, 0.5) is 0 Å². The van der Waals surface area contributed by atoms with Crippen LogP contribution in [0.5, 0.6) is 0 Å². The van der Waals surface area contributed by atoms with E-state index in [-0.39, 0.29) is 0 Å². The lowest BCUT2D eigenvalue weighted by Crippen LogP contribution is -2.01. The Kier molecular flexibility index (Phi) is 10.0. The normalized spacial score (nSPS) is 11.6. The summed E-state index contributed by atoms with van der Waals surface area (Å²) in [6.45, 7) is 15.6. The van der Waals surface area contributed by atoms with Crippen LogP contribution in [0, 0.1) is 13.8 Å². The fraction of sp³-hybridized carbons (Fsp3) is 0.167. The van der Waals surface area contributed by atoms with Crippen LogP contribution in [0.1, 0.15) is 72.1 Å². The van der Waals surface area contributed by atoms with Crippen LogP contribution in [-0.4, -0.2) is 0 Å². The van der Waals surface area contributed by atoms with E-state index in [0.29, 0.717) is 5.92 Å². The molecule has 0 amide bonds. The molecule has 238 valence electrons. The molecule has 0 aliphatic rings. The molecular weight excluding hydrogens is 577 g/mol. The van der Waals surface area contributed by atoms with E-state index in [0.717, 1.165) is 18.4 Å². The first kappa shape index (κ1) is 32.7. The Morgan fingerprint density at radius 3 is 1.90 bits per heavy atom. The summed E-state index contributed by atoms with van der Waals surface area (Å²) in [5.74, 6) is 0.444. The summed E-state index contributed by atoms with van der Waals surface area (Å²) in [6, 6.07) is 50.7. The van der Waals surface area contributed by atoms with E-state index >= 15 is 0 Å². The van der Waals surface area contributed by atoms with Gasteiger partial charge in [-0.3, -0.25) is 0 Å². The Morgan fingerprint density at radius 2 is 1.21 bits per heavy atom. The lowest BCUT2D eigenvalue weighted by molar-refractivity contribution is 0.868. The third-order valence-corrected chi connectivity index (χ3v) is 9.66. The van der Waals surface area contributed by atoms with Gasteiger partial charge in [0.2, 0.25) is 0 Å². The van der Waals surface area contributed by atoms with E-state index in [1.54, 1.807) is 0 Å². The van der Waals surface area contributed by atoms with Crippen molar-refractivity contribution in [2.24, 2.45) is 0 Å². The van der Waals surface area contributed by atoms with Crippen LogP contribution < -0.4 is 0 Å². The standard InChI is InChI=1S/C48H46/c1-33(2)40-23-15-16-25-46(40)44-30-31-47(42-24-14-13-18-35(42)5)43(36(44)6)29-28-39(37-19-9-7-10-20-37)32-48-41(34(3)4)26-17-27-45(48)38-21-11-8-12-22-38/h7-27,30-33H,3,28-29H2,1-2,4-6H3/b39-32+. The third kappa shape index (κ3) is 6.90. The number of hydrogen-bond acceptors (Lipinski definition) is 0. The summed E-state index contributed by atoms with van der Waals surface area (Å²) < 4.78 is 0. The maximum absolute atomic E-state index is 4.39. The predicted molar refractivity (Wildman–Crippen MR) is 210 cm³/mol. The fourth-order valence-corrected chi connectivity index (χ4v) is 7.09. The highest BCUT2D eigenvalue weighted by Gasteiger charge is 2.18. The summed E-state index contributed by atoms with van der Waals surface area (Å²) in [5.41, 5.74) is 19.3. The molecule has 0 unspecified atom stereocenters. The van der Waals surface area contributed by atoms with Crippen LogP contribution in [-0.2, 0) is 6.42 Å². The van der Waals surface area contributed by atoms with Crippen molar-refractivity contribution >= 4 is 17.2 Å². The molecule has 0 nitrogen and oxygen atoms in total. The molecule has 0 heterocycles. The van der Waals surface area contributed by atoms with Gasteiger partial charge in [0.05, 0.1) is 0 Å². The van der Waals surface area contributed by atoms with Gasteiger partial charge in [0.1, 0.15) is 0 Å². The lowest BCUT2D eigenvalue weighted by atomic mass is 9.83. The molecule has 0 atom stereocenters. The minimum Gasteiger partial charge on any atom is -0.0955 e. The largest absolute Gasteiger partial charge is 0.0955 e. The smallest absolute Gasteiger partial charge is 0.0100 e. The predicted octanol–water partition coefficient (Wildman–Crippen LogP) is 13.6. The zero-order valence-electron chi connectivity index (χ0n) is 29.1. The molecule has 6 aromatic rings. The van der Waals surface area contributed by atoms with Gasteiger partial charge in [-0.05, 0) is 124 Å². The Bertz CT molecular complexity index is 2070. The topological polar surface area (TPSA) is 0 Å². The highest BCUT2D eigenvalue weighted by molar-refractivity contribution is 5.92. The van der Waals surface area contributed by atoms with Crippen LogP contribution in [0.15, 0.2) is 146 Å². The van der Waals surface area contributed by atoms with E-state index in [2.05, 4.69) is 187 Å². The van der Waals surface area contributed by atoms with Crippen molar-refractivity contribution in [3.8, 4) is 33.4 Å². The summed E-state index contributed by atoms with van der Waals surface area (Å²) in [6.07, 6.45) is 4.25. The molecule has 6 aromatic carbocycles. The number of allylic oxidation sites excluding steroid dienone is 2. The Labute approximate surface area is 288 Å². The molecule has 0 fully saturated rings. The average molecular weight is 623 g/mol. The minimum atomic E-state index is 0.444. The molecule has 0 saturated heterocycles. The molecule has 6 rings (SSSR count). The van der Waals surface area contributed by atoms with Crippen LogP contribution in [0.2, 0.25) is 0 Å².